The fourth-order valence-corrected chi connectivity index (χ4v) is 4.16. The number of halogens is 1. The zero-order valence-corrected chi connectivity index (χ0v) is 19.5. The number of hydrogen-bond donors (Lipinski definition) is 1. The lowest BCUT2D eigenvalue weighted by Gasteiger charge is -2.19. The second kappa shape index (κ2) is 9.73. The average molecular weight is 481 g/mol. The Kier molecular flexibility index (Phi) is 6.75. The van der Waals surface area contributed by atoms with E-state index in [9.17, 15) is 19.5 Å². The third-order valence-electron chi connectivity index (χ3n) is 5.94. The third-order valence-corrected chi connectivity index (χ3v) is 6.19. The Morgan fingerprint density at radius 3 is 2.53 bits per heavy atom. The smallest absolute Gasteiger partial charge is 0.340 e. The molecule has 34 heavy (non-hydrogen) atoms. The maximum absolute atomic E-state index is 12.7. The van der Waals surface area contributed by atoms with Crippen LogP contribution in [0.2, 0.25) is 5.02 Å². The molecule has 0 radical (unpaired) electrons. The van der Waals surface area contributed by atoms with E-state index in [1.807, 2.05) is 25.1 Å². The Morgan fingerprint density at radius 2 is 1.85 bits per heavy atom. The molecular weight excluding hydrogens is 458 g/mol. The van der Waals surface area contributed by atoms with Gasteiger partial charge in [0.1, 0.15) is 11.2 Å². The van der Waals surface area contributed by atoms with Gasteiger partial charge in [-0.2, -0.15) is 0 Å². The number of rotatable bonds is 8. The molecule has 0 saturated heterocycles. The monoisotopic (exact) mass is 480 g/mol. The molecule has 0 fully saturated rings. The number of carbonyl (C=O) groups excluding carboxylic acids is 2. The number of amides is 1. The van der Waals surface area contributed by atoms with Crippen molar-refractivity contribution in [2.45, 2.75) is 45.6 Å². The Bertz CT molecular complexity index is 1430. The summed E-state index contributed by atoms with van der Waals surface area (Å²) in [4.78, 5) is 36.6. The normalized spacial score (nSPS) is 12.2. The molecule has 0 aliphatic rings. The van der Waals surface area contributed by atoms with Crippen LogP contribution in [0.25, 0.3) is 33.1 Å². The number of fused-ring (bicyclic) bond motifs is 2. The van der Waals surface area contributed by atoms with E-state index in [-0.39, 0.29) is 18.4 Å². The number of furan rings is 1. The maximum Gasteiger partial charge on any atom is 0.340 e. The fourth-order valence-electron chi connectivity index (χ4n) is 4.03. The minimum atomic E-state index is -1.35. The lowest BCUT2D eigenvalue weighted by Crippen LogP contribution is -2.48. The van der Waals surface area contributed by atoms with Gasteiger partial charge in [-0.25, -0.2) is 4.79 Å². The summed E-state index contributed by atoms with van der Waals surface area (Å²) in [5.74, 6) is -1.92. The Morgan fingerprint density at radius 1 is 1.12 bits per heavy atom. The van der Waals surface area contributed by atoms with Crippen LogP contribution in [-0.2, 0) is 16.0 Å². The number of aryl methyl sites for hydroxylation is 1. The molecule has 4 rings (SSSR count). The van der Waals surface area contributed by atoms with E-state index in [4.69, 9.17) is 20.4 Å². The highest BCUT2D eigenvalue weighted by Gasteiger charge is 2.20. The molecule has 0 saturated carbocycles. The number of aliphatic carboxylic acids is 1. The van der Waals surface area contributed by atoms with Crippen LogP contribution in [0.4, 0.5) is 0 Å². The van der Waals surface area contributed by atoms with E-state index in [0.29, 0.717) is 33.6 Å². The van der Waals surface area contributed by atoms with Crippen molar-refractivity contribution in [3.05, 3.63) is 69.2 Å². The van der Waals surface area contributed by atoms with Gasteiger partial charge in [0.2, 0.25) is 5.91 Å². The summed E-state index contributed by atoms with van der Waals surface area (Å²) >= 11 is 6.00. The van der Waals surface area contributed by atoms with Crippen LogP contribution < -0.4 is 16.0 Å². The van der Waals surface area contributed by atoms with Crippen molar-refractivity contribution < 1.29 is 23.5 Å². The number of unbranched alkanes of at least 4 members (excludes halogenated alkanes) is 1. The highest BCUT2D eigenvalue weighted by Crippen LogP contribution is 2.35. The van der Waals surface area contributed by atoms with Crippen LogP contribution in [0.1, 0.15) is 37.3 Å². The van der Waals surface area contributed by atoms with Crippen LogP contribution in [0.5, 0.6) is 0 Å². The highest BCUT2D eigenvalue weighted by atomic mass is 35.5. The van der Waals surface area contributed by atoms with E-state index in [2.05, 4.69) is 5.32 Å². The Balaban J connectivity index is 1.71. The van der Waals surface area contributed by atoms with Crippen molar-refractivity contribution in [3.63, 3.8) is 0 Å². The number of carboxylic acids is 1. The second-order valence-electron chi connectivity index (χ2n) is 8.25. The van der Waals surface area contributed by atoms with Crippen LogP contribution in [0, 0.1) is 6.92 Å². The SMILES string of the molecule is CCCC[C@@H](NC(=O)Cc1c(C)c2cc3c(-c4ccc(Cl)cc4)coc3cc2oc1=O)C(=O)[O-]. The van der Waals surface area contributed by atoms with Gasteiger partial charge < -0.3 is 24.1 Å². The molecule has 4 aromatic rings. The Labute approximate surface area is 200 Å². The minimum Gasteiger partial charge on any atom is -0.548 e. The number of carbonyl (C=O) groups is 2. The lowest BCUT2D eigenvalue weighted by atomic mass is 9.99. The molecule has 2 heterocycles. The summed E-state index contributed by atoms with van der Waals surface area (Å²) < 4.78 is 11.2. The molecule has 176 valence electrons. The number of hydrogen-bond acceptors (Lipinski definition) is 6. The zero-order valence-electron chi connectivity index (χ0n) is 18.8. The van der Waals surface area contributed by atoms with Crippen molar-refractivity contribution in [1.29, 1.82) is 0 Å². The van der Waals surface area contributed by atoms with Crippen molar-refractivity contribution in [2.24, 2.45) is 0 Å². The van der Waals surface area contributed by atoms with E-state index < -0.39 is 23.5 Å². The van der Waals surface area contributed by atoms with Gasteiger partial charge in [0.15, 0.2) is 0 Å². The van der Waals surface area contributed by atoms with Gasteiger partial charge in [-0.3, -0.25) is 4.79 Å². The van der Waals surface area contributed by atoms with Gasteiger partial charge in [0.05, 0.1) is 30.3 Å². The van der Waals surface area contributed by atoms with Crippen molar-refractivity contribution in [3.8, 4) is 11.1 Å². The molecule has 0 bridgehead atoms. The van der Waals surface area contributed by atoms with Crippen LogP contribution in [0.3, 0.4) is 0 Å². The van der Waals surface area contributed by atoms with E-state index in [1.165, 1.54) is 0 Å². The molecule has 0 spiro atoms. The molecule has 2 aromatic carbocycles. The summed E-state index contributed by atoms with van der Waals surface area (Å²) in [7, 11) is 0. The maximum atomic E-state index is 12.7. The summed E-state index contributed by atoms with van der Waals surface area (Å²) in [6, 6.07) is 9.76. The third kappa shape index (κ3) is 4.70. The highest BCUT2D eigenvalue weighted by molar-refractivity contribution is 6.30. The number of nitrogens with one attached hydrogen (secondary N) is 1. The predicted molar refractivity (Wildman–Crippen MR) is 128 cm³/mol. The van der Waals surface area contributed by atoms with E-state index >= 15 is 0 Å². The largest absolute Gasteiger partial charge is 0.548 e. The van der Waals surface area contributed by atoms with Crippen molar-refractivity contribution in [1.82, 2.24) is 5.32 Å². The number of benzene rings is 2. The van der Waals surface area contributed by atoms with Crippen molar-refractivity contribution >= 4 is 45.4 Å². The molecule has 0 aliphatic heterocycles. The van der Waals surface area contributed by atoms with E-state index in [0.717, 1.165) is 22.9 Å². The predicted octanol–water partition coefficient (Wildman–Crippen LogP) is 4.14. The van der Waals surface area contributed by atoms with Gasteiger partial charge in [-0.1, -0.05) is 43.5 Å². The quantitative estimate of drug-likeness (QED) is 0.379. The van der Waals surface area contributed by atoms with Crippen LogP contribution in [-0.4, -0.2) is 17.9 Å². The molecule has 1 atom stereocenters. The van der Waals surface area contributed by atoms with Crippen LogP contribution >= 0.6 is 11.6 Å². The van der Waals surface area contributed by atoms with Crippen molar-refractivity contribution in [2.75, 3.05) is 0 Å². The topological polar surface area (TPSA) is 113 Å². The Hall–Kier alpha value is -3.58. The summed E-state index contributed by atoms with van der Waals surface area (Å²) in [5, 5.41) is 15.9. The lowest BCUT2D eigenvalue weighted by molar-refractivity contribution is -0.308. The molecule has 1 N–H and O–H groups in total. The standard InChI is InChI=1S/C26H24ClNO6/c1-3-4-5-21(25(30)31)28-24(29)11-18-14(2)17-10-19-20(15-6-8-16(27)9-7-15)13-33-22(19)12-23(17)34-26(18)32/h6-10,12-13,21H,3-5,11H2,1-2H3,(H,28,29)(H,30,31)/p-1/t21-/m1/s1. The van der Waals surface area contributed by atoms with Crippen LogP contribution in [0.15, 0.2) is 56.3 Å². The van der Waals surface area contributed by atoms with Gasteiger partial charge in [-0.15, -0.1) is 0 Å². The minimum absolute atomic E-state index is 0.175. The average Bonchev–Trinajstić information content (AvgIpc) is 3.21. The first-order chi connectivity index (χ1) is 16.3. The first-order valence-corrected chi connectivity index (χ1v) is 11.4. The summed E-state index contributed by atoms with van der Waals surface area (Å²) in [5.41, 5.74) is 2.77. The molecule has 0 aliphatic carbocycles. The molecule has 7 nitrogen and oxygen atoms in total. The fraction of sp³-hybridized carbons (Fsp3) is 0.269. The van der Waals surface area contributed by atoms with E-state index in [1.54, 1.807) is 31.4 Å². The molecular formula is C26H23ClNO6-. The zero-order chi connectivity index (χ0) is 24.4. The molecule has 8 heteroatoms. The molecule has 1 amide bonds. The second-order valence-corrected chi connectivity index (χ2v) is 8.69. The molecule has 2 aromatic heterocycles. The number of carboxylic acid groups (broad SMARTS) is 1. The first-order valence-electron chi connectivity index (χ1n) is 11.0. The van der Waals surface area contributed by atoms with Gasteiger partial charge in [-0.05, 0) is 42.7 Å². The van der Waals surface area contributed by atoms with Gasteiger partial charge in [0, 0.05) is 27.4 Å². The van der Waals surface area contributed by atoms with Gasteiger partial charge >= 0.3 is 5.63 Å². The van der Waals surface area contributed by atoms with Gasteiger partial charge in [0.25, 0.3) is 0 Å². The summed E-state index contributed by atoms with van der Waals surface area (Å²) in [6.07, 6.45) is 3.01. The first kappa shape index (κ1) is 23.6. The molecule has 0 unspecified atom stereocenters. The summed E-state index contributed by atoms with van der Waals surface area (Å²) in [6.45, 7) is 3.66.